The van der Waals surface area contributed by atoms with Gasteiger partial charge in [-0.2, -0.15) is 0 Å². The van der Waals surface area contributed by atoms with Crippen LogP contribution in [0.1, 0.15) is 50.3 Å². The van der Waals surface area contributed by atoms with Crippen molar-refractivity contribution in [1.82, 2.24) is 9.97 Å². The number of furan rings is 1. The van der Waals surface area contributed by atoms with Crippen molar-refractivity contribution in [3.05, 3.63) is 138 Å². The van der Waals surface area contributed by atoms with E-state index in [4.69, 9.17) is 14.4 Å². The molecule has 0 atom stereocenters. The summed E-state index contributed by atoms with van der Waals surface area (Å²) in [5.41, 5.74) is 13.0. The van der Waals surface area contributed by atoms with Gasteiger partial charge >= 0.3 is 0 Å². The topological polar surface area (TPSA) is 38.9 Å². The maximum absolute atomic E-state index is 6.10. The molecule has 0 saturated heterocycles. The third-order valence-corrected chi connectivity index (χ3v) is 11.6. The van der Waals surface area contributed by atoms with Crippen LogP contribution in [0.25, 0.3) is 55.6 Å². The normalized spacial score (nSPS) is 12.9. The molecule has 0 bridgehead atoms. The summed E-state index contributed by atoms with van der Waals surface area (Å²) in [6.45, 7) is 14.1. The van der Waals surface area contributed by atoms with E-state index >= 15 is 0 Å². The van der Waals surface area contributed by atoms with E-state index in [-0.39, 0.29) is 25.5 Å². The average Bonchev–Trinajstić information content (AvgIpc) is 3.48. The fourth-order valence-electron chi connectivity index (χ4n) is 7.15. The molecule has 0 fully saturated rings. The summed E-state index contributed by atoms with van der Waals surface area (Å²) in [5.74, 6) is 0. The van der Waals surface area contributed by atoms with Gasteiger partial charge in [0.15, 0.2) is 0 Å². The van der Waals surface area contributed by atoms with Gasteiger partial charge in [0.05, 0.1) is 13.7 Å². The van der Waals surface area contributed by atoms with Gasteiger partial charge in [0, 0.05) is 37.9 Å². The molecule has 8 rings (SSSR count). The van der Waals surface area contributed by atoms with Gasteiger partial charge in [0.2, 0.25) is 0 Å². The zero-order chi connectivity index (χ0) is 34.9. The fraction of sp³-hybridized carbons (Fsp3) is 0.261. The van der Waals surface area contributed by atoms with Crippen LogP contribution in [0.5, 0.6) is 0 Å². The van der Waals surface area contributed by atoms with Gasteiger partial charge in [-0.1, -0.05) is 105 Å². The molecule has 4 aromatic carbocycles. The zero-order valence-corrected chi connectivity index (χ0v) is 34.0. The summed E-state index contributed by atoms with van der Waals surface area (Å²) in [6.07, 6.45) is 9.92. The molecule has 51 heavy (non-hydrogen) atoms. The second-order valence-electron chi connectivity index (χ2n) is 15.8. The number of rotatable bonds is 5. The van der Waals surface area contributed by atoms with Gasteiger partial charge in [-0.3, -0.25) is 0 Å². The summed E-state index contributed by atoms with van der Waals surface area (Å²) in [4.78, 5) is 9.45. The molecule has 3 aromatic heterocycles. The van der Waals surface area contributed by atoms with Crippen LogP contribution in [0.2, 0.25) is 19.6 Å². The molecule has 0 saturated carbocycles. The average molecular weight is 863 g/mol. The van der Waals surface area contributed by atoms with Crippen LogP contribution in [0.4, 0.5) is 0 Å². The van der Waals surface area contributed by atoms with Gasteiger partial charge < -0.3 is 14.4 Å². The summed E-state index contributed by atoms with van der Waals surface area (Å²) in [7, 11) is -1.37. The molecule has 0 amide bonds. The smallest absolute Gasteiger partial charge is 0.121 e. The predicted molar refractivity (Wildman–Crippen MR) is 213 cm³/mol. The Bertz CT molecular complexity index is 2260. The fourth-order valence-corrected chi connectivity index (χ4v) is 8.73. The summed E-state index contributed by atoms with van der Waals surface area (Å²) in [6, 6.07) is 40.3. The van der Waals surface area contributed by atoms with E-state index in [1.165, 1.54) is 45.8 Å². The first-order valence-electron chi connectivity index (χ1n) is 17.9. The molecule has 1 aliphatic rings. The second kappa shape index (κ2) is 15.2. The Hall–Kier alpha value is -4.15. The second-order valence-corrected chi connectivity index (χ2v) is 20.8. The maximum atomic E-state index is 6.10. The van der Waals surface area contributed by atoms with Crippen molar-refractivity contribution in [2.75, 3.05) is 0 Å². The first kappa shape index (κ1) is 36.6. The molecule has 3 heterocycles. The van der Waals surface area contributed by atoms with E-state index < -0.39 is 8.07 Å². The molecule has 1 aliphatic carbocycles. The minimum absolute atomic E-state index is 0. The van der Waals surface area contributed by atoms with Crippen LogP contribution in [0.15, 0.2) is 114 Å². The minimum Gasteiger partial charge on any atom is -0.500 e. The van der Waals surface area contributed by atoms with Crippen LogP contribution in [-0.2, 0) is 39.4 Å². The van der Waals surface area contributed by atoms with Crippen LogP contribution >= 0.6 is 0 Å². The van der Waals surface area contributed by atoms with Gasteiger partial charge in [-0.15, -0.1) is 59.7 Å². The van der Waals surface area contributed by atoms with Crippen LogP contribution < -0.4 is 5.19 Å². The molecular weight excluding hydrogens is 817 g/mol. The van der Waals surface area contributed by atoms with Gasteiger partial charge in [0.1, 0.15) is 5.58 Å². The molecule has 7 aromatic rings. The molecule has 1 radical (unpaired) electrons. The molecule has 3 nitrogen and oxygen atoms in total. The number of benzene rings is 4. The van der Waals surface area contributed by atoms with Gasteiger partial charge in [-0.05, 0) is 83.4 Å². The molecule has 0 unspecified atom stereocenters. The predicted octanol–water partition coefficient (Wildman–Crippen LogP) is 11.7. The van der Waals surface area contributed by atoms with E-state index in [1.54, 1.807) is 0 Å². The molecule has 0 N–H and O–H groups in total. The summed E-state index contributed by atoms with van der Waals surface area (Å²) in [5, 5.41) is 3.75. The van der Waals surface area contributed by atoms with Crippen LogP contribution in [0.3, 0.4) is 0 Å². The molecule has 0 aliphatic heterocycles. The zero-order valence-electron chi connectivity index (χ0n) is 30.6. The van der Waals surface area contributed by atoms with Crippen molar-refractivity contribution in [3.8, 4) is 33.6 Å². The number of hydrogen-bond acceptors (Lipinski definition) is 3. The van der Waals surface area contributed by atoms with Crippen molar-refractivity contribution in [3.63, 3.8) is 0 Å². The Morgan fingerprint density at radius 2 is 1.51 bits per heavy atom. The molecular formula is C46H46IrN2OSi-2. The number of aromatic nitrogens is 2. The number of hydrogen-bond donors (Lipinski definition) is 0. The first-order valence-corrected chi connectivity index (χ1v) is 21.4. The van der Waals surface area contributed by atoms with E-state index in [0.29, 0.717) is 0 Å². The van der Waals surface area contributed by atoms with Crippen molar-refractivity contribution < 1.29 is 24.5 Å². The van der Waals surface area contributed by atoms with Crippen molar-refractivity contribution in [1.29, 1.82) is 0 Å². The van der Waals surface area contributed by atoms with Crippen molar-refractivity contribution >= 4 is 35.2 Å². The largest absolute Gasteiger partial charge is 0.500 e. The van der Waals surface area contributed by atoms with Gasteiger partial charge in [0.25, 0.3) is 0 Å². The Kier molecular flexibility index (Phi) is 10.9. The Labute approximate surface area is 317 Å². The number of pyridine rings is 2. The maximum Gasteiger partial charge on any atom is 0.121 e. The number of fused-ring (bicyclic) bond motifs is 4. The quantitative estimate of drug-likeness (QED) is 0.128. The minimum atomic E-state index is -1.37. The molecule has 261 valence electrons. The van der Waals surface area contributed by atoms with E-state index in [1.807, 2.05) is 36.5 Å². The first-order chi connectivity index (χ1) is 24.0. The summed E-state index contributed by atoms with van der Waals surface area (Å²) >= 11 is 0. The molecule has 5 heteroatoms. The van der Waals surface area contributed by atoms with E-state index in [9.17, 15) is 0 Å². The third-order valence-electron chi connectivity index (χ3n) is 9.54. The number of aryl methyl sites for hydroxylation is 1. The summed E-state index contributed by atoms with van der Waals surface area (Å²) < 4.78 is 6.10. The van der Waals surface area contributed by atoms with Crippen LogP contribution in [-0.4, -0.2) is 18.0 Å². The Balaban J connectivity index is 0.000000182. The number of nitrogens with zero attached hydrogens (tertiary/aromatic N) is 2. The Morgan fingerprint density at radius 1 is 0.745 bits per heavy atom. The SMILES string of the molecule is CC(C)(C)Cc1cc(-c2[c-]cccc2)ncc1[Si](C)(C)C.[Ir].[c-]1cc2oc3ccc(-c4ccccc4)cc3c2cc1-c1nccc2c1CCCC2. The van der Waals surface area contributed by atoms with E-state index in [0.717, 1.165) is 63.7 Å². The van der Waals surface area contributed by atoms with Crippen LogP contribution in [0, 0.1) is 17.5 Å². The van der Waals surface area contributed by atoms with E-state index in [2.05, 4.69) is 125 Å². The molecule has 0 spiro atoms. The van der Waals surface area contributed by atoms with Gasteiger partial charge in [-0.25, -0.2) is 0 Å². The van der Waals surface area contributed by atoms with Crippen molar-refractivity contribution in [2.45, 2.75) is 72.5 Å². The monoisotopic (exact) mass is 863 g/mol. The standard InChI is InChI=1S/C27H20NO.C19H26NSi.Ir/c1-2-6-18(7-3-1)20-10-12-25-23(16-20)24-17-21(11-13-26(24)29-25)27-22-9-5-4-8-19(22)14-15-28-27;1-19(2,3)13-16-12-17(15-10-8-7-9-11-15)20-14-18(16)21(4,5)6;/h1-3,6-7,10,12-17H,4-5,8-9H2;7-10,12,14H,13H2,1-6H3;/q2*-1;. The Morgan fingerprint density at radius 3 is 2.25 bits per heavy atom. The third kappa shape index (κ3) is 8.33. The van der Waals surface area contributed by atoms with Crippen molar-refractivity contribution in [2.24, 2.45) is 5.41 Å².